The highest BCUT2D eigenvalue weighted by molar-refractivity contribution is 7.92. The third-order valence-corrected chi connectivity index (χ3v) is 5.97. The summed E-state index contributed by atoms with van der Waals surface area (Å²) in [4.78, 5) is 24.5. The molecule has 1 aliphatic carbocycles. The first kappa shape index (κ1) is 23.1. The number of esters is 1. The highest BCUT2D eigenvalue weighted by Gasteiger charge is 2.26. The van der Waals surface area contributed by atoms with Gasteiger partial charge < -0.3 is 10.1 Å². The van der Waals surface area contributed by atoms with Crippen molar-refractivity contribution in [2.75, 3.05) is 0 Å². The molecule has 1 fully saturated rings. The van der Waals surface area contributed by atoms with E-state index in [1.54, 1.807) is 24.3 Å². The molecule has 2 rings (SSSR count). The lowest BCUT2D eigenvalue weighted by atomic mass is 10.1. The van der Waals surface area contributed by atoms with Gasteiger partial charge in [-0.05, 0) is 38.3 Å². The molecule has 1 aliphatic rings. The summed E-state index contributed by atoms with van der Waals surface area (Å²) in [5, 5.41) is 3.92. The number of rotatable bonds is 8. The number of amides is 1. The van der Waals surface area contributed by atoms with Crippen molar-refractivity contribution in [3.05, 3.63) is 41.3 Å². The minimum Gasteiger partial charge on any atom is -0.451 e. The molecular weight excluding hydrogens is 392 g/mol. The molecule has 0 aromatic heterocycles. The van der Waals surface area contributed by atoms with Gasteiger partial charge in [0.25, 0.3) is 5.91 Å². The number of ether oxygens (including phenoxy) is 1. The lowest BCUT2D eigenvalue weighted by Gasteiger charge is -2.21. The van der Waals surface area contributed by atoms with E-state index in [0.717, 1.165) is 36.7 Å². The van der Waals surface area contributed by atoms with Crippen molar-refractivity contribution in [3.8, 4) is 0 Å². The van der Waals surface area contributed by atoms with Crippen molar-refractivity contribution in [2.24, 2.45) is 0 Å². The summed E-state index contributed by atoms with van der Waals surface area (Å²) in [6, 6.07) is 7.92. The van der Waals surface area contributed by atoms with Gasteiger partial charge in [0.15, 0.2) is 6.10 Å². The quantitative estimate of drug-likeness (QED) is 0.495. The van der Waals surface area contributed by atoms with Crippen LogP contribution in [0.3, 0.4) is 0 Å². The molecule has 0 bridgehead atoms. The van der Waals surface area contributed by atoms with Crippen molar-refractivity contribution >= 4 is 28.0 Å². The first-order valence-corrected chi connectivity index (χ1v) is 11.6. The van der Waals surface area contributed by atoms with Crippen molar-refractivity contribution < 1.29 is 22.7 Å². The van der Waals surface area contributed by atoms with E-state index in [9.17, 15) is 18.0 Å². The Kier molecular flexibility index (Phi) is 8.85. The van der Waals surface area contributed by atoms with Crippen molar-refractivity contribution in [2.45, 2.75) is 70.6 Å². The molecule has 2 atom stereocenters. The van der Waals surface area contributed by atoms with Crippen LogP contribution in [0.25, 0.3) is 6.08 Å². The largest absolute Gasteiger partial charge is 0.451 e. The van der Waals surface area contributed by atoms with Crippen LogP contribution >= 0.6 is 0 Å². The van der Waals surface area contributed by atoms with Gasteiger partial charge in [0.2, 0.25) is 10.0 Å². The lowest BCUT2D eigenvalue weighted by Crippen LogP contribution is -2.45. The van der Waals surface area contributed by atoms with E-state index >= 15 is 0 Å². The van der Waals surface area contributed by atoms with Gasteiger partial charge in [-0.2, -0.15) is 4.72 Å². The van der Waals surface area contributed by atoms with E-state index < -0.39 is 28.1 Å². The molecule has 1 saturated carbocycles. The first-order chi connectivity index (χ1) is 13.8. The Bertz CT molecular complexity index is 800. The van der Waals surface area contributed by atoms with E-state index in [0.29, 0.717) is 0 Å². The molecule has 8 heteroatoms. The Morgan fingerprint density at radius 3 is 2.31 bits per heavy atom. The molecule has 0 spiro atoms. The Morgan fingerprint density at radius 2 is 1.69 bits per heavy atom. The summed E-state index contributed by atoms with van der Waals surface area (Å²) in [7, 11) is -3.84. The molecule has 160 valence electrons. The number of carbonyl (C=O) groups is 2. The molecule has 0 saturated heterocycles. The fourth-order valence-corrected chi connectivity index (χ4v) is 4.14. The molecule has 0 unspecified atom stereocenters. The third kappa shape index (κ3) is 8.37. The van der Waals surface area contributed by atoms with Crippen molar-refractivity contribution in [1.82, 2.24) is 10.0 Å². The zero-order valence-corrected chi connectivity index (χ0v) is 17.8. The molecule has 0 radical (unpaired) electrons. The molecule has 2 N–H and O–H groups in total. The van der Waals surface area contributed by atoms with Gasteiger partial charge in [-0.1, -0.05) is 56.0 Å². The van der Waals surface area contributed by atoms with E-state index in [1.165, 1.54) is 32.8 Å². The minimum absolute atomic E-state index is 0.102. The maximum Gasteiger partial charge on any atom is 0.324 e. The third-order valence-electron chi connectivity index (χ3n) is 4.80. The van der Waals surface area contributed by atoms with Gasteiger partial charge in [-0.3, -0.25) is 9.59 Å². The van der Waals surface area contributed by atoms with Gasteiger partial charge in [0.1, 0.15) is 6.04 Å². The van der Waals surface area contributed by atoms with Crippen LogP contribution in [0, 0.1) is 0 Å². The summed E-state index contributed by atoms with van der Waals surface area (Å²) in [5.41, 5.74) is 0.719. The van der Waals surface area contributed by atoms with Crippen LogP contribution in [0.15, 0.2) is 35.7 Å². The van der Waals surface area contributed by atoms with Gasteiger partial charge in [0.05, 0.1) is 0 Å². The molecule has 1 aromatic carbocycles. The number of nitrogens with one attached hydrogen (secondary N) is 2. The molecule has 29 heavy (non-hydrogen) atoms. The molecule has 0 heterocycles. The Hall–Kier alpha value is -2.19. The van der Waals surface area contributed by atoms with Crippen LogP contribution in [-0.4, -0.2) is 38.5 Å². The van der Waals surface area contributed by atoms with E-state index in [1.807, 2.05) is 6.07 Å². The predicted molar refractivity (Wildman–Crippen MR) is 112 cm³/mol. The van der Waals surface area contributed by atoms with E-state index in [4.69, 9.17) is 4.74 Å². The fourth-order valence-electron chi connectivity index (χ4n) is 3.14. The van der Waals surface area contributed by atoms with Crippen LogP contribution in [0.1, 0.15) is 57.9 Å². The number of sulfonamides is 1. The normalized spacial score (nSPS) is 18.0. The van der Waals surface area contributed by atoms with Crippen LogP contribution in [0.2, 0.25) is 0 Å². The van der Waals surface area contributed by atoms with Crippen LogP contribution in [0.5, 0.6) is 0 Å². The molecular formula is C21H30N2O5S. The number of hydrogen-bond donors (Lipinski definition) is 2. The van der Waals surface area contributed by atoms with Crippen LogP contribution < -0.4 is 10.0 Å². The molecule has 1 aromatic rings. The minimum atomic E-state index is -3.84. The lowest BCUT2D eigenvalue weighted by molar-refractivity contribution is -0.156. The van der Waals surface area contributed by atoms with Gasteiger partial charge in [0, 0.05) is 11.4 Å². The molecule has 7 nitrogen and oxygen atoms in total. The highest BCUT2D eigenvalue weighted by Crippen LogP contribution is 2.17. The highest BCUT2D eigenvalue weighted by atomic mass is 32.2. The molecule has 0 aliphatic heterocycles. The fraction of sp³-hybridized carbons (Fsp3) is 0.524. The topological polar surface area (TPSA) is 102 Å². The monoisotopic (exact) mass is 422 g/mol. The van der Waals surface area contributed by atoms with Crippen LogP contribution in [0.4, 0.5) is 0 Å². The van der Waals surface area contributed by atoms with Crippen LogP contribution in [-0.2, 0) is 24.3 Å². The standard InChI is InChI=1S/C21H30N2O5S/c1-16(23-29(26,27)15-14-18-10-6-5-7-11-18)21(25)28-17(2)20(24)22-19-12-8-3-4-9-13-19/h5-7,10-11,14-17,19,23H,3-4,8-9,12-13H2,1-2H3,(H,22,24)/b15-14+/t16-,17+/m0/s1. The predicted octanol–water partition coefficient (Wildman–Crippen LogP) is 2.74. The smallest absolute Gasteiger partial charge is 0.324 e. The van der Waals surface area contributed by atoms with Gasteiger partial charge in [-0.25, -0.2) is 8.42 Å². The maximum absolute atomic E-state index is 12.3. The van der Waals surface area contributed by atoms with Gasteiger partial charge in [-0.15, -0.1) is 0 Å². The average molecular weight is 423 g/mol. The number of hydrogen-bond acceptors (Lipinski definition) is 5. The van der Waals surface area contributed by atoms with E-state index in [2.05, 4.69) is 10.0 Å². The zero-order chi connectivity index (χ0) is 21.3. The summed E-state index contributed by atoms with van der Waals surface area (Å²) < 4.78 is 31.7. The first-order valence-electron chi connectivity index (χ1n) is 10.0. The second-order valence-corrected chi connectivity index (χ2v) is 8.97. The number of benzene rings is 1. The summed E-state index contributed by atoms with van der Waals surface area (Å²) in [5.74, 6) is -1.16. The number of carbonyl (C=O) groups excluding carboxylic acids is 2. The van der Waals surface area contributed by atoms with E-state index in [-0.39, 0.29) is 11.9 Å². The van der Waals surface area contributed by atoms with Crippen molar-refractivity contribution in [3.63, 3.8) is 0 Å². The SMILES string of the molecule is C[C@H](NS(=O)(=O)/C=C/c1ccccc1)C(=O)O[C@H](C)C(=O)NC1CCCCCC1. The second kappa shape index (κ2) is 11.1. The Balaban J connectivity index is 1.83. The Labute approximate surface area is 173 Å². The summed E-state index contributed by atoms with van der Waals surface area (Å²) in [6.45, 7) is 2.87. The van der Waals surface area contributed by atoms with Gasteiger partial charge >= 0.3 is 5.97 Å². The summed E-state index contributed by atoms with van der Waals surface area (Å²) >= 11 is 0. The average Bonchev–Trinajstić information content (AvgIpc) is 2.95. The maximum atomic E-state index is 12.3. The zero-order valence-electron chi connectivity index (χ0n) is 17.0. The Morgan fingerprint density at radius 1 is 1.07 bits per heavy atom. The second-order valence-electron chi connectivity index (χ2n) is 7.37. The summed E-state index contributed by atoms with van der Waals surface area (Å²) in [6.07, 6.45) is 6.80. The van der Waals surface area contributed by atoms with Crippen molar-refractivity contribution in [1.29, 1.82) is 0 Å². The molecule has 1 amide bonds.